The first-order chi connectivity index (χ1) is 10.1. The third-order valence-electron chi connectivity index (χ3n) is 3.03. The van der Waals surface area contributed by atoms with Gasteiger partial charge in [0.1, 0.15) is 18.2 Å². The molecule has 0 bridgehead atoms. The van der Waals surface area contributed by atoms with Crippen LogP contribution in [0.3, 0.4) is 0 Å². The molecule has 1 atom stereocenters. The molecule has 2 aromatic carbocycles. The summed E-state index contributed by atoms with van der Waals surface area (Å²) < 4.78 is 19.3. The molecule has 1 unspecified atom stereocenters. The Hall–Kier alpha value is -2.38. The van der Waals surface area contributed by atoms with E-state index < -0.39 is 5.82 Å². The maximum Gasteiger partial charge on any atom is 0.131 e. The number of ether oxygens (including phenoxy) is 1. The molecule has 0 saturated heterocycles. The molecule has 0 aliphatic carbocycles. The molecule has 3 nitrogen and oxygen atoms in total. The molecule has 0 radical (unpaired) electrons. The van der Waals surface area contributed by atoms with Crippen LogP contribution in [0.25, 0.3) is 0 Å². The second kappa shape index (κ2) is 6.87. The maximum absolute atomic E-state index is 13.7. The summed E-state index contributed by atoms with van der Waals surface area (Å²) in [7, 11) is 0. The van der Waals surface area contributed by atoms with E-state index in [2.05, 4.69) is 0 Å². The summed E-state index contributed by atoms with van der Waals surface area (Å²) in [5.74, 6) is 0.248. The molecule has 2 N–H and O–H groups in total. The normalized spacial score (nSPS) is 11.7. The highest BCUT2D eigenvalue weighted by molar-refractivity contribution is 5.33. The maximum atomic E-state index is 13.7. The van der Waals surface area contributed by atoms with Gasteiger partial charge in [0.25, 0.3) is 0 Å². The van der Waals surface area contributed by atoms with Crippen molar-refractivity contribution in [3.05, 3.63) is 65.0 Å². The van der Waals surface area contributed by atoms with Gasteiger partial charge in [-0.2, -0.15) is 5.26 Å². The van der Waals surface area contributed by atoms with Crippen LogP contribution in [0, 0.1) is 17.1 Å². The van der Waals surface area contributed by atoms with E-state index in [1.807, 2.05) is 37.3 Å². The van der Waals surface area contributed by atoms with Crippen molar-refractivity contribution in [2.45, 2.75) is 26.0 Å². The Balaban J connectivity index is 2.05. The smallest absolute Gasteiger partial charge is 0.131 e. The van der Waals surface area contributed by atoms with Crippen LogP contribution < -0.4 is 10.5 Å². The summed E-state index contributed by atoms with van der Waals surface area (Å²) in [5, 5.41) is 8.71. The van der Waals surface area contributed by atoms with E-state index >= 15 is 0 Å². The molecule has 0 heterocycles. The van der Waals surface area contributed by atoms with Crippen LogP contribution in [0.2, 0.25) is 0 Å². The molecule has 0 saturated carbocycles. The van der Waals surface area contributed by atoms with Gasteiger partial charge in [0.2, 0.25) is 0 Å². The van der Waals surface area contributed by atoms with Gasteiger partial charge in [-0.3, -0.25) is 0 Å². The van der Waals surface area contributed by atoms with Gasteiger partial charge in [-0.05, 0) is 43.2 Å². The molecule has 0 aromatic heterocycles. The lowest BCUT2D eigenvalue weighted by molar-refractivity contribution is 0.299. The highest BCUT2D eigenvalue weighted by atomic mass is 19.1. The predicted molar refractivity (Wildman–Crippen MR) is 79.2 cm³/mol. The summed E-state index contributed by atoms with van der Waals surface area (Å²) in [4.78, 5) is 0. The minimum Gasteiger partial charge on any atom is -0.489 e. The summed E-state index contributed by atoms with van der Waals surface area (Å²) in [6.07, 6.45) is 0.766. The van der Waals surface area contributed by atoms with Gasteiger partial charge in [0.15, 0.2) is 0 Å². The third-order valence-corrected chi connectivity index (χ3v) is 3.03. The molecule has 108 valence electrons. The van der Waals surface area contributed by atoms with Crippen molar-refractivity contribution in [3.63, 3.8) is 0 Å². The van der Waals surface area contributed by atoms with E-state index in [1.54, 1.807) is 12.1 Å². The second-order valence-electron chi connectivity index (χ2n) is 5.04. The number of nitrogens with two attached hydrogens (primary N) is 1. The van der Waals surface area contributed by atoms with Crippen molar-refractivity contribution in [2.75, 3.05) is 0 Å². The van der Waals surface area contributed by atoms with Crippen LogP contribution in [-0.4, -0.2) is 6.04 Å². The Bertz CT molecular complexity index is 662. The zero-order valence-electron chi connectivity index (χ0n) is 11.8. The zero-order valence-corrected chi connectivity index (χ0v) is 11.8. The van der Waals surface area contributed by atoms with Crippen LogP contribution in [-0.2, 0) is 13.0 Å². The minimum absolute atomic E-state index is 0.0798. The van der Waals surface area contributed by atoms with Gasteiger partial charge in [0, 0.05) is 11.6 Å². The SMILES string of the molecule is CC(N)Cc1cccc(OCc2ccc(C#N)cc2F)c1. The molecule has 2 rings (SSSR count). The average Bonchev–Trinajstić information content (AvgIpc) is 2.45. The fourth-order valence-electron chi connectivity index (χ4n) is 2.03. The van der Waals surface area contributed by atoms with Crippen molar-refractivity contribution in [1.29, 1.82) is 5.26 Å². The van der Waals surface area contributed by atoms with Gasteiger partial charge >= 0.3 is 0 Å². The van der Waals surface area contributed by atoms with Gasteiger partial charge in [-0.1, -0.05) is 18.2 Å². The first-order valence-electron chi connectivity index (χ1n) is 6.74. The average molecular weight is 284 g/mol. The first-order valence-corrected chi connectivity index (χ1v) is 6.74. The fourth-order valence-corrected chi connectivity index (χ4v) is 2.03. The number of rotatable bonds is 5. The lowest BCUT2D eigenvalue weighted by Crippen LogP contribution is -2.17. The van der Waals surface area contributed by atoms with Gasteiger partial charge in [-0.25, -0.2) is 4.39 Å². The summed E-state index contributed by atoms with van der Waals surface area (Å²) in [6.45, 7) is 2.07. The van der Waals surface area contributed by atoms with Crippen LogP contribution >= 0.6 is 0 Å². The lowest BCUT2D eigenvalue weighted by Gasteiger charge is -2.10. The van der Waals surface area contributed by atoms with E-state index in [-0.39, 0.29) is 12.6 Å². The van der Waals surface area contributed by atoms with Crippen LogP contribution in [0.5, 0.6) is 5.75 Å². The zero-order chi connectivity index (χ0) is 15.2. The standard InChI is InChI=1S/C17H17FN2O/c1-12(20)7-13-3-2-4-16(8-13)21-11-15-6-5-14(10-19)9-17(15)18/h2-6,8-9,12H,7,11,20H2,1H3. The predicted octanol–water partition coefficient (Wildman–Crippen LogP) is 3.17. The van der Waals surface area contributed by atoms with E-state index in [4.69, 9.17) is 15.7 Å². The monoisotopic (exact) mass is 284 g/mol. The van der Waals surface area contributed by atoms with E-state index in [0.29, 0.717) is 16.9 Å². The lowest BCUT2D eigenvalue weighted by atomic mass is 10.1. The highest BCUT2D eigenvalue weighted by Crippen LogP contribution is 2.17. The number of hydrogen-bond acceptors (Lipinski definition) is 3. The molecule has 0 spiro atoms. The Morgan fingerprint density at radius 3 is 2.76 bits per heavy atom. The van der Waals surface area contributed by atoms with Gasteiger partial charge < -0.3 is 10.5 Å². The molecule has 0 aliphatic heterocycles. The Morgan fingerprint density at radius 1 is 1.29 bits per heavy atom. The molecular weight excluding hydrogens is 267 g/mol. The largest absolute Gasteiger partial charge is 0.489 e. The molecular formula is C17H17FN2O. The Labute approximate surface area is 123 Å². The Kier molecular flexibility index (Phi) is 4.91. The molecule has 4 heteroatoms. The highest BCUT2D eigenvalue weighted by Gasteiger charge is 2.05. The van der Waals surface area contributed by atoms with Crippen molar-refractivity contribution >= 4 is 0 Å². The van der Waals surface area contributed by atoms with E-state index in [9.17, 15) is 4.39 Å². The van der Waals surface area contributed by atoms with Gasteiger partial charge in [-0.15, -0.1) is 0 Å². The number of halogens is 1. The number of nitriles is 1. The summed E-state index contributed by atoms with van der Waals surface area (Å²) in [5.41, 5.74) is 7.58. The second-order valence-corrected chi connectivity index (χ2v) is 5.04. The van der Waals surface area contributed by atoms with Crippen molar-refractivity contribution in [3.8, 4) is 11.8 Å². The fraction of sp³-hybridized carbons (Fsp3) is 0.235. The van der Waals surface area contributed by atoms with Gasteiger partial charge in [0.05, 0.1) is 11.6 Å². The van der Waals surface area contributed by atoms with Crippen molar-refractivity contribution < 1.29 is 9.13 Å². The third kappa shape index (κ3) is 4.30. The molecule has 21 heavy (non-hydrogen) atoms. The van der Waals surface area contributed by atoms with Crippen LogP contribution in [0.4, 0.5) is 4.39 Å². The molecule has 0 fully saturated rings. The van der Waals surface area contributed by atoms with Crippen molar-refractivity contribution in [2.24, 2.45) is 5.73 Å². The molecule has 2 aromatic rings. The van der Waals surface area contributed by atoms with Crippen molar-refractivity contribution in [1.82, 2.24) is 0 Å². The quantitative estimate of drug-likeness (QED) is 0.917. The van der Waals surface area contributed by atoms with E-state index in [1.165, 1.54) is 6.07 Å². The Morgan fingerprint density at radius 2 is 2.10 bits per heavy atom. The summed E-state index contributed by atoms with van der Waals surface area (Å²) >= 11 is 0. The minimum atomic E-state index is -0.430. The topological polar surface area (TPSA) is 59.0 Å². The molecule has 0 amide bonds. The number of benzene rings is 2. The van der Waals surface area contributed by atoms with Crippen LogP contribution in [0.15, 0.2) is 42.5 Å². The number of hydrogen-bond donors (Lipinski definition) is 1. The van der Waals surface area contributed by atoms with Crippen LogP contribution in [0.1, 0.15) is 23.6 Å². The number of nitrogens with zero attached hydrogens (tertiary/aromatic N) is 1. The van der Waals surface area contributed by atoms with E-state index in [0.717, 1.165) is 12.0 Å². The summed E-state index contributed by atoms with van der Waals surface area (Å²) in [6, 6.07) is 14.0. The first kappa shape index (κ1) is 15.0. The molecule has 0 aliphatic rings.